The zero-order chi connectivity index (χ0) is 13.0. The highest BCUT2D eigenvalue weighted by atomic mass is 16.3. The third kappa shape index (κ3) is 3.80. The highest BCUT2D eigenvalue weighted by Gasteiger charge is 2.27. The summed E-state index contributed by atoms with van der Waals surface area (Å²) in [6, 6.07) is 10.6. The highest BCUT2D eigenvalue weighted by Crippen LogP contribution is 2.19. The number of hydrogen-bond acceptors (Lipinski definition) is 3. The second kappa shape index (κ2) is 6.32. The lowest BCUT2D eigenvalue weighted by molar-refractivity contribution is 0.0131. The SMILES string of the molecule is CN(C)C[C@H]1CN(Cc2ccccc2)CC[C@@H]1O. The molecule has 18 heavy (non-hydrogen) atoms. The van der Waals surface area contributed by atoms with Crippen molar-refractivity contribution in [2.45, 2.75) is 19.1 Å². The van der Waals surface area contributed by atoms with Gasteiger partial charge in [-0.05, 0) is 26.1 Å². The lowest BCUT2D eigenvalue weighted by Gasteiger charge is -2.37. The van der Waals surface area contributed by atoms with Crippen molar-refractivity contribution in [1.82, 2.24) is 9.80 Å². The number of aliphatic hydroxyl groups excluding tert-OH is 1. The first-order valence-electron chi connectivity index (χ1n) is 6.74. The molecule has 1 aromatic rings. The van der Waals surface area contributed by atoms with E-state index in [1.807, 2.05) is 0 Å². The number of benzene rings is 1. The maximum Gasteiger partial charge on any atom is 0.0605 e. The fraction of sp³-hybridized carbons (Fsp3) is 0.600. The fourth-order valence-electron chi connectivity index (χ4n) is 2.73. The van der Waals surface area contributed by atoms with Crippen molar-refractivity contribution in [3.05, 3.63) is 35.9 Å². The van der Waals surface area contributed by atoms with E-state index in [1.165, 1.54) is 5.56 Å². The molecule has 0 bridgehead atoms. The number of likely N-dealkylation sites (tertiary alicyclic amines) is 1. The minimum Gasteiger partial charge on any atom is -0.393 e. The Morgan fingerprint density at radius 3 is 2.67 bits per heavy atom. The number of aliphatic hydroxyl groups is 1. The van der Waals surface area contributed by atoms with Crippen molar-refractivity contribution in [2.24, 2.45) is 5.92 Å². The summed E-state index contributed by atoms with van der Waals surface area (Å²) in [6.07, 6.45) is 0.755. The zero-order valence-electron chi connectivity index (χ0n) is 11.4. The minimum absolute atomic E-state index is 0.139. The summed E-state index contributed by atoms with van der Waals surface area (Å²) in [6.45, 7) is 3.96. The molecule has 1 N–H and O–H groups in total. The lowest BCUT2D eigenvalue weighted by Crippen LogP contribution is -2.46. The average Bonchev–Trinajstić information content (AvgIpc) is 2.34. The predicted molar refractivity (Wildman–Crippen MR) is 74.4 cm³/mol. The second-order valence-electron chi connectivity index (χ2n) is 5.60. The van der Waals surface area contributed by atoms with E-state index in [2.05, 4.69) is 54.2 Å². The molecule has 0 spiro atoms. The molecular weight excluding hydrogens is 224 g/mol. The van der Waals surface area contributed by atoms with Gasteiger partial charge in [0, 0.05) is 32.1 Å². The van der Waals surface area contributed by atoms with E-state index >= 15 is 0 Å². The van der Waals surface area contributed by atoms with E-state index in [0.717, 1.165) is 32.6 Å². The van der Waals surface area contributed by atoms with Gasteiger partial charge in [0.1, 0.15) is 0 Å². The molecule has 0 saturated carbocycles. The minimum atomic E-state index is -0.139. The Kier molecular flexibility index (Phi) is 4.75. The lowest BCUT2D eigenvalue weighted by atomic mass is 9.94. The molecule has 1 saturated heterocycles. The van der Waals surface area contributed by atoms with Crippen LogP contribution in [-0.4, -0.2) is 54.7 Å². The van der Waals surface area contributed by atoms with Crippen LogP contribution in [0.4, 0.5) is 0 Å². The maximum absolute atomic E-state index is 10.0. The predicted octanol–water partition coefficient (Wildman–Crippen LogP) is 1.43. The topological polar surface area (TPSA) is 26.7 Å². The van der Waals surface area contributed by atoms with Crippen molar-refractivity contribution < 1.29 is 5.11 Å². The van der Waals surface area contributed by atoms with Crippen LogP contribution in [0.15, 0.2) is 30.3 Å². The fourth-order valence-corrected chi connectivity index (χ4v) is 2.73. The summed E-state index contributed by atoms with van der Waals surface area (Å²) >= 11 is 0. The molecule has 1 aliphatic rings. The van der Waals surface area contributed by atoms with E-state index in [4.69, 9.17) is 0 Å². The monoisotopic (exact) mass is 248 g/mol. The van der Waals surface area contributed by atoms with Gasteiger partial charge in [-0.3, -0.25) is 4.90 Å². The molecule has 3 nitrogen and oxygen atoms in total. The van der Waals surface area contributed by atoms with Gasteiger partial charge in [0.2, 0.25) is 0 Å². The summed E-state index contributed by atoms with van der Waals surface area (Å²) in [5.41, 5.74) is 1.36. The van der Waals surface area contributed by atoms with Crippen molar-refractivity contribution >= 4 is 0 Å². The van der Waals surface area contributed by atoms with E-state index in [0.29, 0.717) is 5.92 Å². The first-order chi connectivity index (χ1) is 8.65. The standard InChI is InChI=1S/C15H24N2O/c1-16(2)11-14-12-17(9-8-15(14)18)10-13-6-4-3-5-7-13/h3-7,14-15,18H,8-12H2,1-2H3/t14-,15-/m0/s1. The van der Waals surface area contributed by atoms with Crippen LogP contribution >= 0.6 is 0 Å². The van der Waals surface area contributed by atoms with E-state index in [9.17, 15) is 5.11 Å². The molecular formula is C15H24N2O. The zero-order valence-corrected chi connectivity index (χ0v) is 11.4. The van der Waals surface area contributed by atoms with Crippen molar-refractivity contribution in [1.29, 1.82) is 0 Å². The Bertz CT molecular complexity index is 353. The summed E-state index contributed by atoms with van der Waals surface area (Å²) in [5.74, 6) is 0.373. The van der Waals surface area contributed by atoms with Crippen molar-refractivity contribution in [3.63, 3.8) is 0 Å². The molecule has 2 rings (SSSR count). The first-order valence-corrected chi connectivity index (χ1v) is 6.74. The van der Waals surface area contributed by atoms with Gasteiger partial charge in [-0.2, -0.15) is 0 Å². The van der Waals surface area contributed by atoms with Crippen molar-refractivity contribution in [2.75, 3.05) is 33.7 Å². The van der Waals surface area contributed by atoms with Crippen LogP contribution in [0.25, 0.3) is 0 Å². The van der Waals surface area contributed by atoms with Crippen LogP contribution in [0.3, 0.4) is 0 Å². The third-order valence-corrected chi connectivity index (χ3v) is 3.63. The Balaban J connectivity index is 1.91. The Morgan fingerprint density at radius 2 is 2.00 bits per heavy atom. The molecule has 0 radical (unpaired) electrons. The van der Waals surface area contributed by atoms with Gasteiger partial charge in [0.05, 0.1) is 6.10 Å². The molecule has 1 aliphatic heterocycles. The Morgan fingerprint density at radius 1 is 1.28 bits per heavy atom. The highest BCUT2D eigenvalue weighted by molar-refractivity contribution is 5.14. The molecule has 100 valence electrons. The van der Waals surface area contributed by atoms with Gasteiger partial charge in [-0.15, -0.1) is 0 Å². The molecule has 1 aromatic carbocycles. The van der Waals surface area contributed by atoms with Gasteiger partial charge in [-0.25, -0.2) is 0 Å². The molecule has 0 aliphatic carbocycles. The summed E-state index contributed by atoms with van der Waals surface area (Å²) < 4.78 is 0. The molecule has 0 amide bonds. The summed E-state index contributed by atoms with van der Waals surface area (Å²) in [5, 5.41) is 10.0. The van der Waals surface area contributed by atoms with Crippen LogP contribution in [0.1, 0.15) is 12.0 Å². The largest absolute Gasteiger partial charge is 0.393 e. The smallest absolute Gasteiger partial charge is 0.0605 e. The van der Waals surface area contributed by atoms with E-state index < -0.39 is 0 Å². The third-order valence-electron chi connectivity index (χ3n) is 3.63. The van der Waals surface area contributed by atoms with Crippen molar-refractivity contribution in [3.8, 4) is 0 Å². The molecule has 0 aromatic heterocycles. The average molecular weight is 248 g/mol. The maximum atomic E-state index is 10.0. The van der Waals surface area contributed by atoms with E-state index in [-0.39, 0.29) is 6.10 Å². The van der Waals surface area contributed by atoms with Gasteiger partial charge >= 0.3 is 0 Å². The van der Waals surface area contributed by atoms with Crippen LogP contribution in [0, 0.1) is 5.92 Å². The number of piperidine rings is 1. The van der Waals surface area contributed by atoms with Gasteiger partial charge in [0.15, 0.2) is 0 Å². The van der Waals surface area contributed by atoms with Crippen LogP contribution in [0.2, 0.25) is 0 Å². The number of rotatable bonds is 4. The summed E-state index contributed by atoms with van der Waals surface area (Å²) in [4.78, 5) is 4.62. The molecule has 2 atom stereocenters. The number of nitrogens with zero attached hydrogens (tertiary/aromatic N) is 2. The van der Waals surface area contributed by atoms with Gasteiger partial charge < -0.3 is 10.0 Å². The van der Waals surface area contributed by atoms with Crippen LogP contribution in [-0.2, 0) is 6.54 Å². The molecule has 1 fully saturated rings. The van der Waals surface area contributed by atoms with Crippen LogP contribution < -0.4 is 0 Å². The number of hydrogen-bond donors (Lipinski definition) is 1. The molecule has 3 heteroatoms. The molecule has 1 heterocycles. The second-order valence-corrected chi connectivity index (χ2v) is 5.60. The van der Waals surface area contributed by atoms with Gasteiger partial charge in [0.25, 0.3) is 0 Å². The Labute approximate surface area is 110 Å². The van der Waals surface area contributed by atoms with E-state index in [1.54, 1.807) is 0 Å². The first kappa shape index (κ1) is 13.5. The van der Waals surface area contributed by atoms with Crippen LogP contribution in [0.5, 0.6) is 0 Å². The Hall–Kier alpha value is -0.900. The van der Waals surface area contributed by atoms with Gasteiger partial charge in [-0.1, -0.05) is 30.3 Å². The summed E-state index contributed by atoms with van der Waals surface area (Å²) in [7, 11) is 4.14. The molecule has 0 unspecified atom stereocenters. The normalized spacial score (nSPS) is 25.6. The quantitative estimate of drug-likeness (QED) is 0.873.